The molecule has 0 saturated carbocycles. The predicted octanol–water partition coefficient (Wildman–Crippen LogP) is 7.44. The molecule has 3 heteroatoms. The summed E-state index contributed by atoms with van der Waals surface area (Å²) in [5.41, 5.74) is 0.489. The van der Waals surface area contributed by atoms with Gasteiger partial charge in [0.25, 0.3) is 0 Å². The molecule has 0 aromatic heterocycles. The molecule has 0 aromatic rings. The summed E-state index contributed by atoms with van der Waals surface area (Å²) < 4.78 is 6.30. The van der Waals surface area contributed by atoms with Crippen LogP contribution in [0.1, 0.15) is 117 Å². The van der Waals surface area contributed by atoms with Crippen molar-refractivity contribution < 1.29 is 14.0 Å². The van der Waals surface area contributed by atoms with Crippen LogP contribution in [0.5, 0.6) is 0 Å². The molecule has 0 radical (unpaired) electrons. The minimum absolute atomic E-state index is 0.257. The minimum atomic E-state index is -0.257. The van der Waals surface area contributed by atoms with Crippen molar-refractivity contribution in [2.45, 2.75) is 117 Å². The van der Waals surface area contributed by atoms with Gasteiger partial charge in [0.2, 0.25) is 0 Å². The van der Waals surface area contributed by atoms with E-state index in [0.717, 1.165) is 12.8 Å². The van der Waals surface area contributed by atoms with E-state index >= 15 is 0 Å². The van der Waals surface area contributed by atoms with E-state index in [1.54, 1.807) is 6.92 Å². The van der Waals surface area contributed by atoms with E-state index in [9.17, 15) is 4.79 Å². The van der Waals surface area contributed by atoms with E-state index < -0.39 is 0 Å². The SMILES string of the molecule is C=C(C)C(=O)OCCCCCCCC[N+](C)(C)CCCCCCCCCCCC. The molecular weight excluding hydrogens is 358 g/mol. The number of quaternary nitrogens is 1. The summed E-state index contributed by atoms with van der Waals surface area (Å²) in [6.07, 6.45) is 21.5. The first kappa shape index (κ1) is 28.2. The molecule has 0 fully saturated rings. The predicted molar refractivity (Wildman–Crippen MR) is 127 cm³/mol. The van der Waals surface area contributed by atoms with Gasteiger partial charge < -0.3 is 9.22 Å². The van der Waals surface area contributed by atoms with E-state index in [-0.39, 0.29) is 5.97 Å². The highest BCUT2D eigenvalue weighted by molar-refractivity contribution is 5.86. The van der Waals surface area contributed by atoms with Crippen LogP contribution in [0, 0.1) is 0 Å². The van der Waals surface area contributed by atoms with E-state index in [1.807, 2.05) is 0 Å². The smallest absolute Gasteiger partial charge is 0.333 e. The van der Waals surface area contributed by atoms with Crippen molar-refractivity contribution in [3.63, 3.8) is 0 Å². The lowest BCUT2D eigenvalue weighted by Crippen LogP contribution is -2.41. The van der Waals surface area contributed by atoms with Crippen LogP contribution in [0.25, 0.3) is 0 Å². The van der Waals surface area contributed by atoms with Crippen molar-refractivity contribution in [1.29, 1.82) is 0 Å². The number of esters is 1. The number of carbonyl (C=O) groups excluding carboxylic acids is 1. The maximum absolute atomic E-state index is 11.3. The quantitative estimate of drug-likeness (QED) is 0.0850. The highest BCUT2D eigenvalue weighted by Crippen LogP contribution is 2.13. The molecule has 0 bridgehead atoms. The average Bonchev–Trinajstić information content (AvgIpc) is 2.67. The normalized spacial score (nSPS) is 11.6. The summed E-state index contributed by atoms with van der Waals surface area (Å²) in [6.45, 7) is 10.7. The van der Waals surface area contributed by atoms with Crippen molar-refractivity contribution in [3.8, 4) is 0 Å². The van der Waals surface area contributed by atoms with Gasteiger partial charge >= 0.3 is 5.97 Å². The standard InChI is InChI=1S/C26H52NO2/c1-6-7-8-9-10-11-12-13-16-19-22-27(4,5)23-20-17-14-15-18-21-24-29-26(28)25(2)3/h2,6-24H2,1,3-5H3/q+1. The Morgan fingerprint density at radius 2 is 1.07 bits per heavy atom. The molecule has 0 aliphatic rings. The van der Waals surface area contributed by atoms with Gasteiger partial charge in [-0.25, -0.2) is 4.79 Å². The van der Waals surface area contributed by atoms with Crippen molar-refractivity contribution in [1.82, 2.24) is 0 Å². The number of rotatable bonds is 21. The molecule has 0 saturated heterocycles. The summed E-state index contributed by atoms with van der Waals surface area (Å²) in [7, 11) is 4.79. The highest BCUT2D eigenvalue weighted by atomic mass is 16.5. The Balaban J connectivity index is 3.40. The first-order valence-electron chi connectivity index (χ1n) is 12.5. The topological polar surface area (TPSA) is 26.3 Å². The highest BCUT2D eigenvalue weighted by Gasteiger charge is 2.13. The van der Waals surface area contributed by atoms with Crippen LogP contribution in [-0.2, 0) is 9.53 Å². The van der Waals surface area contributed by atoms with Gasteiger partial charge in [-0.05, 0) is 39.0 Å². The second kappa shape index (κ2) is 19.2. The molecule has 0 atom stereocenters. The Bertz CT molecular complexity index is 404. The van der Waals surface area contributed by atoms with Crippen molar-refractivity contribution in [2.75, 3.05) is 33.8 Å². The Labute approximate surface area is 182 Å². The second-order valence-electron chi connectivity index (χ2n) is 9.60. The molecule has 29 heavy (non-hydrogen) atoms. The largest absolute Gasteiger partial charge is 0.462 e. The fraction of sp³-hybridized carbons (Fsp3) is 0.885. The maximum Gasteiger partial charge on any atom is 0.333 e. The molecule has 0 aliphatic carbocycles. The number of ether oxygens (including phenoxy) is 1. The number of carbonyl (C=O) groups is 1. The molecule has 0 N–H and O–H groups in total. The molecule has 0 spiro atoms. The van der Waals surface area contributed by atoms with E-state index in [0.29, 0.717) is 12.2 Å². The number of hydrogen-bond donors (Lipinski definition) is 0. The Hall–Kier alpha value is -0.830. The van der Waals surface area contributed by atoms with Crippen LogP contribution in [0.2, 0.25) is 0 Å². The lowest BCUT2D eigenvalue weighted by atomic mass is 10.1. The molecule has 0 unspecified atom stereocenters. The second-order valence-corrected chi connectivity index (χ2v) is 9.60. The Morgan fingerprint density at radius 3 is 1.48 bits per heavy atom. The molecule has 3 nitrogen and oxygen atoms in total. The molecule has 0 aromatic carbocycles. The molecule has 0 heterocycles. The van der Waals surface area contributed by atoms with E-state index in [1.165, 1.54) is 107 Å². The minimum Gasteiger partial charge on any atom is -0.462 e. The van der Waals surface area contributed by atoms with Crippen LogP contribution in [0.15, 0.2) is 12.2 Å². The third-order valence-corrected chi connectivity index (χ3v) is 5.86. The van der Waals surface area contributed by atoms with Crippen molar-refractivity contribution in [2.24, 2.45) is 0 Å². The van der Waals surface area contributed by atoms with E-state index in [2.05, 4.69) is 27.6 Å². The maximum atomic E-state index is 11.3. The summed E-state index contributed by atoms with van der Waals surface area (Å²) >= 11 is 0. The zero-order valence-corrected chi connectivity index (χ0v) is 20.4. The van der Waals surface area contributed by atoms with Gasteiger partial charge in [0.05, 0.1) is 33.8 Å². The van der Waals surface area contributed by atoms with E-state index in [4.69, 9.17) is 4.74 Å². The van der Waals surface area contributed by atoms with Crippen LogP contribution >= 0.6 is 0 Å². The molecule has 0 amide bonds. The summed E-state index contributed by atoms with van der Waals surface area (Å²) in [6, 6.07) is 0. The Kier molecular flexibility index (Phi) is 18.6. The lowest BCUT2D eigenvalue weighted by Gasteiger charge is -2.30. The summed E-state index contributed by atoms with van der Waals surface area (Å²) in [5, 5.41) is 0. The van der Waals surface area contributed by atoms with Gasteiger partial charge in [-0.3, -0.25) is 0 Å². The Morgan fingerprint density at radius 1 is 0.690 bits per heavy atom. The molecule has 0 aliphatic heterocycles. The monoisotopic (exact) mass is 410 g/mol. The third-order valence-electron chi connectivity index (χ3n) is 5.86. The van der Waals surface area contributed by atoms with Gasteiger partial charge in [0.15, 0.2) is 0 Å². The van der Waals surface area contributed by atoms with Crippen LogP contribution < -0.4 is 0 Å². The van der Waals surface area contributed by atoms with Gasteiger partial charge in [-0.1, -0.05) is 84.1 Å². The van der Waals surface area contributed by atoms with Crippen molar-refractivity contribution in [3.05, 3.63) is 12.2 Å². The van der Waals surface area contributed by atoms with Crippen molar-refractivity contribution >= 4 is 5.97 Å². The fourth-order valence-electron chi connectivity index (χ4n) is 3.78. The van der Waals surface area contributed by atoms with Crippen LogP contribution in [0.4, 0.5) is 0 Å². The average molecular weight is 411 g/mol. The van der Waals surface area contributed by atoms with Crippen LogP contribution in [-0.4, -0.2) is 44.2 Å². The van der Waals surface area contributed by atoms with Crippen LogP contribution in [0.3, 0.4) is 0 Å². The number of nitrogens with zero attached hydrogens (tertiary/aromatic N) is 1. The third kappa shape index (κ3) is 20.2. The summed E-state index contributed by atoms with van der Waals surface area (Å²) in [5.74, 6) is -0.257. The zero-order valence-electron chi connectivity index (χ0n) is 20.4. The summed E-state index contributed by atoms with van der Waals surface area (Å²) in [4.78, 5) is 11.3. The van der Waals surface area contributed by atoms with Gasteiger partial charge in [-0.2, -0.15) is 0 Å². The molecule has 0 rings (SSSR count). The first-order chi connectivity index (χ1) is 13.9. The number of hydrogen-bond acceptors (Lipinski definition) is 2. The van der Waals surface area contributed by atoms with Gasteiger partial charge in [-0.15, -0.1) is 0 Å². The van der Waals surface area contributed by atoms with Gasteiger partial charge in [0, 0.05) is 5.57 Å². The zero-order chi connectivity index (χ0) is 21.8. The first-order valence-corrected chi connectivity index (χ1v) is 12.5. The molecular formula is C26H52NO2+. The van der Waals surface area contributed by atoms with Gasteiger partial charge in [0.1, 0.15) is 0 Å². The lowest BCUT2D eigenvalue weighted by molar-refractivity contribution is -0.890. The number of unbranched alkanes of at least 4 members (excludes halogenated alkanes) is 14. The fourth-order valence-corrected chi connectivity index (χ4v) is 3.78. The molecule has 172 valence electrons.